The van der Waals surface area contributed by atoms with Crippen molar-refractivity contribution in [3.8, 4) is 5.75 Å². The third-order valence-corrected chi connectivity index (χ3v) is 2.17. The molecule has 0 bridgehead atoms. The maximum atomic E-state index is 10.9. The Balaban J connectivity index is 2.63. The zero-order valence-corrected chi connectivity index (χ0v) is 8.96. The smallest absolute Gasteiger partial charge is 0.321 e. The van der Waals surface area contributed by atoms with Crippen LogP contribution < -0.4 is 5.32 Å². The summed E-state index contributed by atoms with van der Waals surface area (Å²) in [4.78, 5) is 21.2. The lowest BCUT2D eigenvalue weighted by atomic mass is 10.1. The average molecular weight is 239 g/mol. The van der Waals surface area contributed by atoms with Gasteiger partial charge in [-0.05, 0) is 24.1 Å². The maximum absolute atomic E-state index is 10.9. The van der Waals surface area contributed by atoms with E-state index in [2.05, 4.69) is 5.32 Å². The van der Waals surface area contributed by atoms with Crippen molar-refractivity contribution in [1.29, 1.82) is 0 Å². The summed E-state index contributed by atoms with van der Waals surface area (Å²) in [7, 11) is 0. The largest absolute Gasteiger partial charge is 0.508 e. The first-order valence-electron chi connectivity index (χ1n) is 4.95. The van der Waals surface area contributed by atoms with Crippen molar-refractivity contribution in [2.45, 2.75) is 12.5 Å². The number of carboxylic acids is 2. The fourth-order valence-electron chi connectivity index (χ4n) is 1.33. The van der Waals surface area contributed by atoms with E-state index in [1.807, 2.05) is 0 Å². The molecular formula is C11H13NO5. The second-order valence-corrected chi connectivity index (χ2v) is 3.54. The molecule has 0 spiro atoms. The summed E-state index contributed by atoms with van der Waals surface area (Å²) in [6, 6.07) is 5.12. The topological polar surface area (TPSA) is 107 Å². The van der Waals surface area contributed by atoms with Crippen LogP contribution in [0.1, 0.15) is 5.56 Å². The van der Waals surface area contributed by atoms with E-state index in [-0.39, 0.29) is 12.2 Å². The van der Waals surface area contributed by atoms with Gasteiger partial charge in [0, 0.05) is 0 Å². The van der Waals surface area contributed by atoms with E-state index in [0.29, 0.717) is 5.56 Å². The van der Waals surface area contributed by atoms with Crippen LogP contribution in [0.3, 0.4) is 0 Å². The summed E-state index contributed by atoms with van der Waals surface area (Å²) in [5.74, 6) is -2.12. The lowest BCUT2D eigenvalue weighted by Crippen LogP contribution is -2.41. The molecule has 1 atom stereocenters. The van der Waals surface area contributed by atoms with Gasteiger partial charge in [0.25, 0.3) is 0 Å². The second-order valence-electron chi connectivity index (χ2n) is 3.54. The zero-order valence-electron chi connectivity index (χ0n) is 8.96. The number of benzene rings is 1. The van der Waals surface area contributed by atoms with Crippen molar-refractivity contribution in [3.05, 3.63) is 29.8 Å². The molecule has 0 saturated heterocycles. The summed E-state index contributed by atoms with van der Waals surface area (Å²) >= 11 is 0. The van der Waals surface area contributed by atoms with Crippen LogP contribution in [-0.2, 0) is 16.0 Å². The van der Waals surface area contributed by atoms with Gasteiger partial charge in [0.2, 0.25) is 0 Å². The molecule has 1 aromatic carbocycles. The van der Waals surface area contributed by atoms with E-state index < -0.39 is 24.5 Å². The van der Waals surface area contributed by atoms with Crippen molar-refractivity contribution in [3.63, 3.8) is 0 Å². The van der Waals surface area contributed by atoms with Crippen molar-refractivity contribution < 1.29 is 24.9 Å². The first-order chi connectivity index (χ1) is 7.99. The molecular weight excluding hydrogens is 226 g/mol. The van der Waals surface area contributed by atoms with E-state index in [9.17, 15) is 9.59 Å². The number of nitrogens with one attached hydrogen (secondary N) is 1. The zero-order chi connectivity index (χ0) is 12.8. The van der Waals surface area contributed by atoms with Gasteiger partial charge in [-0.1, -0.05) is 12.1 Å². The molecule has 0 aliphatic heterocycles. The number of carboxylic acid groups (broad SMARTS) is 2. The van der Waals surface area contributed by atoms with E-state index in [0.717, 1.165) is 0 Å². The van der Waals surface area contributed by atoms with Crippen LogP contribution >= 0.6 is 0 Å². The molecule has 0 heterocycles. The van der Waals surface area contributed by atoms with Gasteiger partial charge < -0.3 is 15.3 Å². The molecule has 1 aromatic rings. The number of phenols is 1. The summed E-state index contributed by atoms with van der Waals surface area (Å²) in [6.45, 7) is -0.408. The molecule has 0 aliphatic carbocycles. The number of aromatic hydroxyl groups is 1. The third kappa shape index (κ3) is 4.52. The van der Waals surface area contributed by atoms with Crippen LogP contribution in [0.5, 0.6) is 5.75 Å². The predicted octanol–water partition coefficient (Wildman–Crippen LogP) is 0.0621. The first kappa shape index (κ1) is 13.0. The fraction of sp³-hybridized carbons (Fsp3) is 0.273. The van der Waals surface area contributed by atoms with Gasteiger partial charge in [0.1, 0.15) is 11.8 Å². The Hall–Kier alpha value is -2.08. The Kier molecular flexibility index (Phi) is 4.47. The summed E-state index contributed by atoms with van der Waals surface area (Å²) in [5.41, 5.74) is 0.702. The Morgan fingerprint density at radius 2 is 1.76 bits per heavy atom. The molecule has 0 unspecified atom stereocenters. The number of hydrogen-bond donors (Lipinski definition) is 4. The van der Waals surface area contributed by atoms with Crippen LogP contribution in [-0.4, -0.2) is 39.8 Å². The highest BCUT2D eigenvalue weighted by molar-refractivity contribution is 5.75. The van der Waals surface area contributed by atoms with Gasteiger partial charge in [-0.2, -0.15) is 0 Å². The van der Waals surface area contributed by atoms with Gasteiger partial charge in [0.15, 0.2) is 0 Å². The maximum Gasteiger partial charge on any atom is 0.321 e. The van der Waals surface area contributed by atoms with E-state index >= 15 is 0 Å². The molecule has 4 N–H and O–H groups in total. The van der Waals surface area contributed by atoms with Crippen LogP contribution in [0.25, 0.3) is 0 Å². The van der Waals surface area contributed by atoms with Crippen LogP contribution in [0.4, 0.5) is 0 Å². The van der Waals surface area contributed by atoms with Crippen LogP contribution in [0.15, 0.2) is 24.3 Å². The van der Waals surface area contributed by atoms with E-state index in [4.69, 9.17) is 15.3 Å². The van der Waals surface area contributed by atoms with Gasteiger partial charge in [-0.3, -0.25) is 14.9 Å². The quantitative estimate of drug-likeness (QED) is 0.559. The Morgan fingerprint density at radius 1 is 1.18 bits per heavy atom. The standard InChI is InChI=1S/C11H13NO5/c13-8-3-1-7(2-4-8)5-9(11(16)17)12-6-10(14)15/h1-4,9,12-13H,5-6H2,(H,14,15)(H,16,17)/t9-/m0/s1. The monoisotopic (exact) mass is 239 g/mol. The summed E-state index contributed by atoms with van der Waals surface area (Å²) in [5, 5.41) is 28.8. The lowest BCUT2D eigenvalue weighted by molar-refractivity contribution is -0.140. The van der Waals surface area contributed by atoms with Crippen molar-refractivity contribution in [2.75, 3.05) is 6.54 Å². The van der Waals surface area contributed by atoms with Gasteiger partial charge in [-0.15, -0.1) is 0 Å². The number of carbonyl (C=O) groups is 2. The van der Waals surface area contributed by atoms with Crippen LogP contribution in [0, 0.1) is 0 Å². The number of rotatable bonds is 6. The minimum atomic E-state index is -1.11. The van der Waals surface area contributed by atoms with Crippen molar-refractivity contribution >= 4 is 11.9 Å². The highest BCUT2D eigenvalue weighted by Gasteiger charge is 2.18. The molecule has 0 aromatic heterocycles. The summed E-state index contributed by atoms with van der Waals surface area (Å²) < 4.78 is 0. The van der Waals surface area contributed by atoms with Gasteiger partial charge in [0.05, 0.1) is 6.54 Å². The molecule has 6 nitrogen and oxygen atoms in total. The Labute approximate surface area is 97.5 Å². The van der Waals surface area contributed by atoms with Crippen LogP contribution in [0.2, 0.25) is 0 Å². The predicted molar refractivity (Wildman–Crippen MR) is 58.9 cm³/mol. The number of hydrogen-bond acceptors (Lipinski definition) is 4. The fourth-order valence-corrected chi connectivity index (χ4v) is 1.33. The molecule has 1 rings (SSSR count). The molecule has 17 heavy (non-hydrogen) atoms. The minimum Gasteiger partial charge on any atom is -0.508 e. The molecule has 0 saturated carbocycles. The summed E-state index contributed by atoms with van der Waals surface area (Å²) in [6.07, 6.45) is 0.156. The lowest BCUT2D eigenvalue weighted by Gasteiger charge is -2.12. The molecule has 0 fully saturated rings. The highest BCUT2D eigenvalue weighted by Crippen LogP contribution is 2.11. The van der Waals surface area contributed by atoms with Gasteiger partial charge >= 0.3 is 11.9 Å². The SMILES string of the molecule is O=C(O)CN[C@@H](Cc1ccc(O)cc1)C(=O)O. The Bertz CT molecular complexity index is 401. The van der Waals surface area contributed by atoms with E-state index in [1.165, 1.54) is 12.1 Å². The molecule has 0 radical (unpaired) electrons. The number of phenolic OH excluding ortho intramolecular Hbond substituents is 1. The van der Waals surface area contributed by atoms with Crippen molar-refractivity contribution in [2.24, 2.45) is 0 Å². The van der Waals surface area contributed by atoms with Gasteiger partial charge in [-0.25, -0.2) is 0 Å². The highest BCUT2D eigenvalue weighted by atomic mass is 16.4. The molecule has 0 aliphatic rings. The van der Waals surface area contributed by atoms with Crippen molar-refractivity contribution in [1.82, 2.24) is 5.32 Å². The molecule has 92 valence electrons. The normalized spacial score (nSPS) is 12.0. The molecule has 6 heteroatoms. The Morgan fingerprint density at radius 3 is 2.24 bits per heavy atom. The number of aliphatic carboxylic acids is 2. The van der Waals surface area contributed by atoms with E-state index in [1.54, 1.807) is 12.1 Å². The third-order valence-electron chi connectivity index (χ3n) is 2.17. The minimum absolute atomic E-state index is 0.0964. The first-order valence-corrected chi connectivity index (χ1v) is 4.95. The molecule has 0 amide bonds. The average Bonchev–Trinajstić information content (AvgIpc) is 2.26. The second kappa shape index (κ2) is 5.86.